The quantitative estimate of drug-likeness (QED) is 0.196. The predicted octanol–water partition coefficient (Wildman–Crippen LogP) is 7.78. The SMILES string of the molecule is CCCCCCOc1c(OC/C=C(\C)CCC=C(C)C)c2ccc(NCCCC)cc2n(C)c1=O. The van der Waals surface area contributed by atoms with Crippen LogP contribution in [-0.4, -0.2) is 24.3 Å². The number of pyridine rings is 1. The van der Waals surface area contributed by atoms with Gasteiger partial charge in [0.15, 0.2) is 5.75 Å². The number of fused-ring (bicyclic) bond motifs is 1. The number of aromatic nitrogens is 1. The Balaban J connectivity index is 2.33. The third-order valence-electron chi connectivity index (χ3n) is 6.16. The van der Waals surface area contributed by atoms with E-state index < -0.39 is 0 Å². The average molecular weight is 483 g/mol. The lowest BCUT2D eigenvalue weighted by molar-refractivity contribution is 0.273. The molecule has 0 atom stereocenters. The molecule has 0 spiro atoms. The van der Waals surface area contributed by atoms with E-state index in [-0.39, 0.29) is 5.56 Å². The van der Waals surface area contributed by atoms with Gasteiger partial charge in [-0.15, -0.1) is 0 Å². The third-order valence-corrected chi connectivity index (χ3v) is 6.16. The summed E-state index contributed by atoms with van der Waals surface area (Å²) in [5, 5.41) is 4.35. The van der Waals surface area contributed by atoms with Crippen molar-refractivity contribution in [3.8, 4) is 11.5 Å². The number of hydrogen-bond donors (Lipinski definition) is 1. The van der Waals surface area contributed by atoms with Gasteiger partial charge in [0.25, 0.3) is 5.56 Å². The molecule has 5 nitrogen and oxygen atoms in total. The standard InChI is InChI=1S/C30H46N2O3/c1-7-9-11-12-20-34-29-28(35-21-18-24(5)15-13-14-23(3)4)26-17-16-25(31-19-10-8-2)22-27(26)32(6)30(29)33/h14,16-18,22,31H,7-13,15,19-21H2,1-6H3/b24-18+. The van der Waals surface area contributed by atoms with E-state index in [0.29, 0.717) is 24.7 Å². The van der Waals surface area contributed by atoms with Crippen molar-refractivity contribution >= 4 is 16.6 Å². The second-order valence-corrected chi connectivity index (χ2v) is 9.63. The maximum Gasteiger partial charge on any atom is 0.297 e. The van der Waals surface area contributed by atoms with E-state index in [1.165, 1.54) is 24.0 Å². The van der Waals surface area contributed by atoms with E-state index in [0.717, 1.165) is 61.7 Å². The molecule has 0 aliphatic heterocycles. The molecule has 0 aliphatic rings. The topological polar surface area (TPSA) is 52.5 Å². The van der Waals surface area contributed by atoms with Crippen LogP contribution in [0.25, 0.3) is 10.9 Å². The van der Waals surface area contributed by atoms with Crippen molar-refractivity contribution in [2.24, 2.45) is 7.05 Å². The maximum atomic E-state index is 13.3. The van der Waals surface area contributed by atoms with Crippen molar-refractivity contribution in [1.29, 1.82) is 0 Å². The lowest BCUT2D eigenvalue weighted by Gasteiger charge is -2.17. The highest BCUT2D eigenvalue weighted by molar-refractivity contribution is 5.90. The molecule has 0 saturated heterocycles. The zero-order valence-corrected chi connectivity index (χ0v) is 22.8. The summed E-state index contributed by atoms with van der Waals surface area (Å²) in [5.74, 6) is 0.867. The first-order valence-corrected chi connectivity index (χ1v) is 13.3. The van der Waals surface area contributed by atoms with Crippen LogP contribution in [0.4, 0.5) is 5.69 Å². The number of anilines is 1. The monoisotopic (exact) mass is 482 g/mol. The van der Waals surface area contributed by atoms with Crippen LogP contribution in [-0.2, 0) is 7.05 Å². The van der Waals surface area contributed by atoms with Gasteiger partial charge in [-0.1, -0.05) is 56.8 Å². The first-order chi connectivity index (χ1) is 16.9. The smallest absolute Gasteiger partial charge is 0.297 e. The molecule has 1 aromatic carbocycles. The van der Waals surface area contributed by atoms with E-state index in [1.54, 1.807) is 4.57 Å². The summed E-state index contributed by atoms with van der Waals surface area (Å²) in [7, 11) is 1.81. The van der Waals surface area contributed by atoms with Crippen molar-refractivity contribution in [1.82, 2.24) is 4.57 Å². The number of ether oxygens (including phenoxy) is 2. The predicted molar refractivity (Wildman–Crippen MR) is 150 cm³/mol. The fourth-order valence-electron chi connectivity index (χ4n) is 3.93. The number of benzene rings is 1. The van der Waals surface area contributed by atoms with Crippen LogP contribution in [0.15, 0.2) is 46.3 Å². The minimum atomic E-state index is -0.155. The summed E-state index contributed by atoms with van der Waals surface area (Å²) in [6, 6.07) is 6.12. The summed E-state index contributed by atoms with van der Waals surface area (Å²) < 4.78 is 14.0. The van der Waals surface area contributed by atoms with Crippen molar-refractivity contribution in [3.63, 3.8) is 0 Å². The minimum absolute atomic E-state index is 0.155. The molecule has 0 aliphatic carbocycles. The van der Waals surface area contributed by atoms with E-state index >= 15 is 0 Å². The molecule has 0 unspecified atom stereocenters. The second kappa shape index (κ2) is 15.3. The fourth-order valence-corrected chi connectivity index (χ4v) is 3.93. The number of nitrogens with one attached hydrogen (secondary N) is 1. The molecule has 35 heavy (non-hydrogen) atoms. The van der Waals surface area contributed by atoms with Crippen LogP contribution in [0.1, 0.15) is 86.0 Å². The molecule has 2 aromatic rings. The summed E-state index contributed by atoms with van der Waals surface area (Å²) >= 11 is 0. The van der Waals surface area contributed by atoms with Crippen LogP contribution >= 0.6 is 0 Å². The van der Waals surface area contributed by atoms with Gasteiger partial charge < -0.3 is 19.4 Å². The van der Waals surface area contributed by atoms with Crippen molar-refractivity contribution in [2.45, 2.75) is 86.0 Å². The molecule has 1 heterocycles. The Kier molecular flexibility index (Phi) is 12.5. The summed E-state index contributed by atoms with van der Waals surface area (Å²) in [6.07, 6.45) is 13.0. The van der Waals surface area contributed by atoms with Gasteiger partial charge in [-0.3, -0.25) is 4.79 Å². The average Bonchev–Trinajstić information content (AvgIpc) is 2.83. The molecular formula is C30H46N2O3. The van der Waals surface area contributed by atoms with Gasteiger partial charge in [0.05, 0.1) is 12.1 Å². The largest absolute Gasteiger partial charge is 0.485 e. The number of aryl methyl sites for hydroxylation is 1. The first kappa shape index (κ1) is 28.5. The number of nitrogens with zero attached hydrogens (tertiary/aromatic N) is 1. The Hall–Kier alpha value is -2.69. The fraction of sp³-hybridized carbons (Fsp3) is 0.567. The minimum Gasteiger partial charge on any atom is -0.485 e. The van der Waals surface area contributed by atoms with Crippen LogP contribution in [0.5, 0.6) is 11.5 Å². The van der Waals surface area contributed by atoms with Crippen molar-refractivity contribution in [2.75, 3.05) is 25.1 Å². The highest BCUT2D eigenvalue weighted by Gasteiger charge is 2.18. The van der Waals surface area contributed by atoms with Crippen LogP contribution in [0.3, 0.4) is 0 Å². The Bertz CT molecular complexity index is 1050. The van der Waals surface area contributed by atoms with Gasteiger partial charge in [-0.2, -0.15) is 0 Å². The molecule has 0 radical (unpaired) electrons. The van der Waals surface area contributed by atoms with Gasteiger partial charge in [0.1, 0.15) is 6.61 Å². The highest BCUT2D eigenvalue weighted by atomic mass is 16.5. The number of allylic oxidation sites excluding steroid dienone is 3. The van der Waals surface area contributed by atoms with Gasteiger partial charge in [0, 0.05) is 24.7 Å². The number of rotatable bonds is 16. The van der Waals surface area contributed by atoms with Gasteiger partial charge in [-0.05, 0) is 70.7 Å². The molecule has 0 amide bonds. The lowest BCUT2D eigenvalue weighted by Crippen LogP contribution is -2.21. The Morgan fingerprint density at radius 3 is 2.46 bits per heavy atom. The van der Waals surface area contributed by atoms with Gasteiger partial charge in [-0.25, -0.2) is 0 Å². The molecule has 1 N–H and O–H groups in total. The molecule has 0 saturated carbocycles. The Labute approximate surface area is 212 Å². The second-order valence-electron chi connectivity index (χ2n) is 9.63. The molecule has 1 aromatic heterocycles. The summed E-state index contributed by atoms with van der Waals surface area (Å²) in [6.45, 7) is 12.6. The third kappa shape index (κ3) is 9.12. The van der Waals surface area contributed by atoms with Crippen LogP contribution in [0.2, 0.25) is 0 Å². The maximum absolute atomic E-state index is 13.3. The van der Waals surface area contributed by atoms with E-state index in [4.69, 9.17) is 9.47 Å². The Morgan fingerprint density at radius 2 is 1.74 bits per heavy atom. The number of hydrogen-bond acceptors (Lipinski definition) is 4. The molecule has 5 heteroatoms. The first-order valence-electron chi connectivity index (χ1n) is 13.3. The zero-order chi connectivity index (χ0) is 25.6. The van der Waals surface area contributed by atoms with Gasteiger partial charge >= 0.3 is 0 Å². The van der Waals surface area contributed by atoms with E-state index in [2.05, 4.69) is 58.2 Å². The zero-order valence-electron chi connectivity index (χ0n) is 22.8. The van der Waals surface area contributed by atoms with Gasteiger partial charge in [0.2, 0.25) is 5.75 Å². The molecule has 2 rings (SSSR count). The van der Waals surface area contributed by atoms with Crippen molar-refractivity contribution in [3.05, 3.63) is 51.9 Å². The Morgan fingerprint density at radius 1 is 0.971 bits per heavy atom. The van der Waals surface area contributed by atoms with Crippen LogP contribution in [0, 0.1) is 0 Å². The molecule has 0 fully saturated rings. The van der Waals surface area contributed by atoms with Crippen LogP contribution < -0.4 is 20.3 Å². The van der Waals surface area contributed by atoms with E-state index in [9.17, 15) is 4.79 Å². The van der Waals surface area contributed by atoms with Crippen molar-refractivity contribution < 1.29 is 9.47 Å². The summed E-state index contributed by atoms with van der Waals surface area (Å²) in [4.78, 5) is 13.3. The highest BCUT2D eigenvalue weighted by Crippen LogP contribution is 2.34. The number of unbranched alkanes of at least 4 members (excludes halogenated alkanes) is 4. The van der Waals surface area contributed by atoms with E-state index in [1.807, 2.05) is 19.2 Å². The lowest BCUT2D eigenvalue weighted by atomic mass is 10.1. The molecule has 194 valence electrons. The normalized spacial score (nSPS) is 11.5. The molecule has 0 bridgehead atoms. The summed E-state index contributed by atoms with van der Waals surface area (Å²) in [5.41, 5.74) is 4.31. The molecular weight excluding hydrogens is 436 g/mol.